The summed E-state index contributed by atoms with van der Waals surface area (Å²) in [6.45, 7) is 6.92. The van der Waals surface area contributed by atoms with Gasteiger partial charge in [0.25, 0.3) is 0 Å². The standard InChI is InChI=1S/C25H44N6O6.C23H42N6O7/c1-17(24(26)36)7-3-5-12-29-21(33)15-31(23(35)11-14-28-18(2)32)16-22(34)30-13-6-4-8-20(25(27)37)19-9-10-19;1-16(21(24)33)8-4-6-11-26-18(30)14-29(20(32)10-13-28-23(35)36-3)15-19(31)27-12-7-5-9-17(2)22(25)34/h17,19-20H,3-16H2,1-2H3,(H2,26,36)(H2,27,37)(H,28,32)(H,29,33)(H,30,34);16-17H,4-15H2,1-3H3,(H2,24,33)(H2,25,34)(H,26,30)(H,27,31)(H,28,35). The van der Waals surface area contributed by atoms with Crippen LogP contribution in [0.15, 0.2) is 0 Å². The number of nitrogens with zero attached hydrogens (tertiary/aromatic N) is 2. The van der Waals surface area contributed by atoms with Gasteiger partial charge in [0.15, 0.2) is 0 Å². The third kappa shape index (κ3) is 35.2. The molecule has 1 aliphatic rings. The molecule has 25 heteroatoms. The fraction of sp³-hybridized carbons (Fsp3) is 0.750. The number of nitrogens with one attached hydrogen (secondary N) is 6. The second-order valence-electron chi connectivity index (χ2n) is 18.5. The number of hydrogen-bond donors (Lipinski definition) is 10. The molecular weight excluding hydrogens is 953 g/mol. The van der Waals surface area contributed by atoms with Crippen LogP contribution in [0.3, 0.4) is 0 Å². The molecule has 0 aromatic rings. The fourth-order valence-electron chi connectivity index (χ4n) is 7.05. The van der Waals surface area contributed by atoms with Gasteiger partial charge in [0.1, 0.15) is 26.2 Å². The van der Waals surface area contributed by atoms with Crippen molar-refractivity contribution in [3.8, 4) is 0 Å². The summed E-state index contributed by atoms with van der Waals surface area (Å²) in [6, 6.07) is 0. The van der Waals surface area contributed by atoms with E-state index in [4.69, 9.17) is 22.9 Å². The normalized spacial score (nSPS) is 13.2. The van der Waals surface area contributed by atoms with E-state index in [-0.39, 0.29) is 105 Å². The molecule has 0 aliphatic heterocycles. The minimum atomic E-state index is -0.693. The Labute approximate surface area is 429 Å². The predicted molar refractivity (Wildman–Crippen MR) is 269 cm³/mol. The van der Waals surface area contributed by atoms with E-state index >= 15 is 0 Å². The molecule has 73 heavy (non-hydrogen) atoms. The number of alkyl carbamates (subject to hydrolysis) is 1. The maximum atomic E-state index is 12.6. The van der Waals surface area contributed by atoms with Crippen molar-refractivity contribution in [1.29, 1.82) is 0 Å². The summed E-state index contributed by atoms with van der Waals surface area (Å²) in [4.78, 5) is 144. The van der Waals surface area contributed by atoms with Crippen molar-refractivity contribution in [2.45, 2.75) is 130 Å². The van der Waals surface area contributed by atoms with Crippen molar-refractivity contribution < 1.29 is 62.3 Å². The maximum absolute atomic E-state index is 12.6. The lowest BCUT2D eigenvalue weighted by molar-refractivity contribution is -0.139. The Bertz CT molecular complexity index is 1750. The van der Waals surface area contributed by atoms with Crippen LogP contribution in [-0.4, -0.2) is 153 Å². The maximum Gasteiger partial charge on any atom is 0.406 e. The topological polar surface area (TPSA) is 397 Å². The second kappa shape index (κ2) is 39.0. The molecule has 0 radical (unpaired) electrons. The average Bonchev–Trinajstić information content (AvgIpc) is 4.16. The van der Waals surface area contributed by atoms with Gasteiger partial charge in [0.2, 0.25) is 65.0 Å². The summed E-state index contributed by atoms with van der Waals surface area (Å²) in [6.07, 6.45) is 9.25. The molecule has 0 heterocycles. The minimum Gasteiger partial charge on any atom is -0.453 e. The van der Waals surface area contributed by atoms with Gasteiger partial charge in [-0.1, -0.05) is 46.5 Å². The number of carbonyl (C=O) groups is 12. The van der Waals surface area contributed by atoms with Gasteiger partial charge < -0.3 is 69.4 Å². The average molecular weight is 1040 g/mol. The van der Waals surface area contributed by atoms with Crippen LogP contribution >= 0.6 is 0 Å². The first-order valence-corrected chi connectivity index (χ1v) is 25.3. The highest BCUT2D eigenvalue weighted by Crippen LogP contribution is 2.39. The quantitative estimate of drug-likeness (QED) is 0.0328. The Hall–Kier alpha value is -6.56. The van der Waals surface area contributed by atoms with Crippen LogP contribution in [0.2, 0.25) is 0 Å². The molecule has 0 aromatic carbocycles. The number of primary amides is 4. The SMILES string of the molecule is CC(=O)NCCC(=O)N(CC(=O)NCCCCC(C)C(N)=O)CC(=O)NCCCCC(C(N)=O)C1CC1.COC(=O)NCCC(=O)N(CC(=O)NCCCCC(C)C(N)=O)CC(=O)NCCCCC(C)C(N)=O. The van der Waals surface area contributed by atoms with Crippen LogP contribution in [0.4, 0.5) is 4.79 Å². The molecule has 0 saturated heterocycles. The van der Waals surface area contributed by atoms with Gasteiger partial charge in [-0.25, -0.2) is 4.79 Å². The summed E-state index contributed by atoms with van der Waals surface area (Å²) in [7, 11) is 1.20. The van der Waals surface area contributed by atoms with E-state index < -0.39 is 41.5 Å². The number of nitrogens with two attached hydrogens (primary N) is 4. The molecule has 4 atom stereocenters. The zero-order valence-electron chi connectivity index (χ0n) is 43.8. The Morgan fingerprint density at radius 3 is 1.04 bits per heavy atom. The van der Waals surface area contributed by atoms with Gasteiger partial charge in [0.05, 0.1) is 7.11 Å². The highest BCUT2D eigenvalue weighted by molar-refractivity contribution is 5.90. The molecule has 0 aromatic heterocycles. The van der Waals surface area contributed by atoms with Crippen LogP contribution in [0.1, 0.15) is 130 Å². The van der Waals surface area contributed by atoms with E-state index in [9.17, 15) is 57.5 Å². The summed E-state index contributed by atoms with van der Waals surface area (Å²) in [5.74, 6) is -4.61. The van der Waals surface area contributed by atoms with Gasteiger partial charge in [-0.2, -0.15) is 0 Å². The molecule has 1 saturated carbocycles. The van der Waals surface area contributed by atoms with E-state index in [1.165, 1.54) is 14.0 Å². The van der Waals surface area contributed by atoms with Gasteiger partial charge >= 0.3 is 6.09 Å². The van der Waals surface area contributed by atoms with Crippen LogP contribution in [0, 0.1) is 29.6 Å². The lowest BCUT2D eigenvalue weighted by atomic mass is 9.96. The van der Waals surface area contributed by atoms with Crippen LogP contribution in [0.25, 0.3) is 0 Å². The van der Waals surface area contributed by atoms with E-state index in [0.717, 1.165) is 29.1 Å². The number of methoxy groups -OCH3 is 1. The van der Waals surface area contributed by atoms with Crippen molar-refractivity contribution in [3.05, 3.63) is 0 Å². The first-order chi connectivity index (χ1) is 34.5. The molecule has 416 valence electrons. The molecular formula is C48H86N12O13. The highest BCUT2D eigenvalue weighted by Gasteiger charge is 2.34. The van der Waals surface area contributed by atoms with Crippen molar-refractivity contribution in [2.75, 3.05) is 72.6 Å². The molecule has 1 rings (SSSR count). The number of ether oxygens (including phenoxy) is 1. The number of amides is 12. The van der Waals surface area contributed by atoms with Crippen molar-refractivity contribution in [1.82, 2.24) is 41.7 Å². The molecule has 0 spiro atoms. The lowest BCUT2D eigenvalue weighted by Gasteiger charge is -2.22. The summed E-state index contributed by atoms with van der Waals surface area (Å²) < 4.78 is 4.45. The smallest absolute Gasteiger partial charge is 0.406 e. The Morgan fingerprint density at radius 1 is 0.452 bits per heavy atom. The summed E-state index contributed by atoms with van der Waals surface area (Å²) in [5.41, 5.74) is 21.1. The third-order valence-electron chi connectivity index (χ3n) is 12.0. The van der Waals surface area contributed by atoms with Gasteiger partial charge in [-0.05, 0) is 70.1 Å². The molecule has 1 aliphatic carbocycles. The number of rotatable bonds is 39. The molecule has 12 amide bonds. The van der Waals surface area contributed by atoms with Crippen molar-refractivity contribution in [2.24, 2.45) is 52.5 Å². The van der Waals surface area contributed by atoms with Crippen molar-refractivity contribution in [3.63, 3.8) is 0 Å². The first-order valence-electron chi connectivity index (χ1n) is 25.3. The zero-order chi connectivity index (χ0) is 55.3. The molecule has 25 nitrogen and oxygen atoms in total. The first kappa shape index (κ1) is 66.4. The second-order valence-corrected chi connectivity index (χ2v) is 18.5. The van der Waals surface area contributed by atoms with Crippen LogP contribution in [-0.2, 0) is 57.5 Å². The number of carbonyl (C=O) groups excluding carboxylic acids is 12. The van der Waals surface area contributed by atoms with Crippen molar-refractivity contribution >= 4 is 71.1 Å². The summed E-state index contributed by atoms with van der Waals surface area (Å²) in [5, 5.41) is 15.8. The largest absolute Gasteiger partial charge is 0.453 e. The predicted octanol–water partition coefficient (Wildman–Crippen LogP) is -1.08. The molecule has 1 fully saturated rings. The number of unbranched alkanes of at least 4 members (excludes halogenated alkanes) is 4. The van der Waals surface area contributed by atoms with Gasteiger partial charge in [0, 0.05) is 82.7 Å². The zero-order valence-corrected chi connectivity index (χ0v) is 43.8. The van der Waals surface area contributed by atoms with E-state index in [1.807, 2.05) is 0 Å². The Morgan fingerprint density at radius 2 is 0.767 bits per heavy atom. The minimum absolute atomic E-state index is 0.0126. The molecule has 0 bridgehead atoms. The van der Waals surface area contributed by atoms with Gasteiger partial charge in [-0.15, -0.1) is 0 Å². The molecule has 14 N–H and O–H groups in total. The Kier molecular flexibility index (Phi) is 35.5. The summed E-state index contributed by atoms with van der Waals surface area (Å²) >= 11 is 0. The fourth-order valence-corrected chi connectivity index (χ4v) is 7.05. The lowest BCUT2D eigenvalue weighted by Crippen LogP contribution is -2.46. The third-order valence-corrected chi connectivity index (χ3v) is 12.0. The van der Waals surface area contributed by atoms with Gasteiger partial charge in [-0.3, -0.25) is 52.7 Å². The van der Waals surface area contributed by atoms with E-state index in [0.29, 0.717) is 103 Å². The molecule has 4 unspecified atom stereocenters. The van der Waals surface area contributed by atoms with E-state index in [1.54, 1.807) is 20.8 Å². The van der Waals surface area contributed by atoms with Crippen LogP contribution < -0.4 is 54.8 Å². The van der Waals surface area contributed by atoms with E-state index in [2.05, 4.69) is 36.6 Å². The Balaban J connectivity index is 0.00000142. The highest BCUT2D eigenvalue weighted by atomic mass is 16.5. The monoisotopic (exact) mass is 1040 g/mol. The van der Waals surface area contributed by atoms with Crippen LogP contribution in [0.5, 0.6) is 0 Å². The number of hydrogen-bond acceptors (Lipinski definition) is 13.